The van der Waals surface area contributed by atoms with Crippen molar-refractivity contribution in [2.24, 2.45) is 0 Å². The maximum Gasteiger partial charge on any atom is 0.231 e. The van der Waals surface area contributed by atoms with Gasteiger partial charge in [0.05, 0.1) is 6.42 Å². The molecular formula is C11H10F2N2O. The van der Waals surface area contributed by atoms with Crippen molar-refractivity contribution in [3.8, 4) is 0 Å². The smallest absolute Gasteiger partial charge is 0.231 e. The molecule has 2 aromatic rings. The summed E-state index contributed by atoms with van der Waals surface area (Å²) >= 11 is 0. The number of halogens is 2. The molecule has 0 aliphatic carbocycles. The molecule has 0 aliphatic heterocycles. The van der Waals surface area contributed by atoms with E-state index in [0.717, 1.165) is 0 Å². The second kappa shape index (κ2) is 4.38. The van der Waals surface area contributed by atoms with E-state index in [0.29, 0.717) is 12.2 Å². The van der Waals surface area contributed by atoms with Crippen molar-refractivity contribution >= 4 is 0 Å². The van der Waals surface area contributed by atoms with Gasteiger partial charge in [-0.2, -0.15) is 4.98 Å². The van der Waals surface area contributed by atoms with Crippen LogP contribution >= 0.6 is 0 Å². The van der Waals surface area contributed by atoms with Gasteiger partial charge in [0.1, 0.15) is 11.6 Å². The lowest BCUT2D eigenvalue weighted by molar-refractivity contribution is 0.376. The standard InChI is InChI=1S/C11H10F2N2O/c1-2-10-14-11(16-15-10)6-7-8(12)4-3-5-9(7)13/h3-5H,2,6H2,1H3. The zero-order valence-electron chi connectivity index (χ0n) is 8.70. The summed E-state index contributed by atoms with van der Waals surface area (Å²) in [6.07, 6.45) is 0.606. The van der Waals surface area contributed by atoms with Crippen LogP contribution < -0.4 is 0 Å². The normalized spacial score (nSPS) is 10.7. The van der Waals surface area contributed by atoms with Crippen molar-refractivity contribution in [2.75, 3.05) is 0 Å². The van der Waals surface area contributed by atoms with E-state index >= 15 is 0 Å². The highest BCUT2D eigenvalue weighted by molar-refractivity contribution is 5.22. The van der Waals surface area contributed by atoms with E-state index in [4.69, 9.17) is 4.52 Å². The Hall–Kier alpha value is -1.78. The molecule has 3 nitrogen and oxygen atoms in total. The molecule has 1 heterocycles. The fraction of sp³-hybridized carbons (Fsp3) is 0.273. The minimum absolute atomic E-state index is 0.0223. The summed E-state index contributed by atoms with van der Waals surface area (Å²) in [6.45, 7) is 1.87. The Morgan fingerprint density at radius 1 is 1.25 bits per heavy atom. The SMILES string of the molecule is CCc1noc(Cc2c(F)cccc2F)n1. The van der Waals surface area contributed by atoms with Crippen LogP contribution in [0.1, 0.15) is 24.2 Å². The summed E-state index contributed by atoms with van der Waals surface area (Å²) in [5.41, 5.74) is -0.0474. The number of hydrogen-bond acceptors (Lipinski definition) is 3. The molecule has 2 rings (SSSR count). The van der Waals surface area contributed by atoms with E-state index in [9.17, 15) is 8.78 Å². The zero-order chi connectivity index (χ0) is 11.5. The van der Waals surface area contributed by atoms with E-state index in [1.165, 1.54) is 18.2 Å². The highest BCUT2D eigenvalue weighted by atomic mass is 19.1. The summed E-state index contributed by atoms with van der Waals surface area (Å²) in [7, 11) is 0. The second-order valence-electron chi connectivity index (χ2n) is 3.33. The van der Waals surface area contributed by atoms with Crippen LogP contribution in [0, 0.1) is 11.6 Å². The third-order valence-electron chi connectivity index (χ3n) is 2.22. The average molecular weight is 224 g/mol. The van der Waals surface area contributed by atoms with Crippen molar-refractivity contribution in [1.82, 2.24) is 10.1 Å². The molecule has 5 heteroatoms. The van der Waals surface area contributed by atoms with Crippen LogP contribution in [-0.2, 0) is 12.8 Å². The van der Waals surface area contributed by atoms with Crippen LogP contribution in [0.25, 0.3) is 0 Å². The number of hydrogen-bond donors (Lipinski definition) is 0. The summed E-state index contributed by atoms with van der Waals surface area (Å²) in [5.74, 6) is -0.444. The Bertz CT molecular complexity index is 476. The summed E-state index contributed by atoms with van der Waals surface area (Å²) in [5, 5.41) is 3.66. The Kier molecular flexibility index (Phi) is 2.94. The maximum absolute atomic E-state index is 13.3. The van der Waals surface area contributed by atoms with Gasteiger partial charge in [-0.25, -0.2) is 8.78 Å². The molecular weight excluding hydrogens is 214 g/mol. The lowest BCUT2D eigenvalue weighted by Crippen LogP contribution is -1.97. The van der Waals surface area contributed by atoms with Crippen molar-refractivity contribution in [3.05, 3.63) is 47.1 Å². The monoisotopic (exact) mass is 224 g/mol. The fourth-order valence-electron chi connectivity index (χ4n) is 1.36. The second-order valence-corrected chi connectivity index (χ2v) is 3.33. The summed E-state index contributed by atoms with van der Waals surface area (Å²) in [6, 6.07) is 3.73. The topological polar surface area (TPSA) is 38.9 Å². The third-order valence-corrected chi connectivity index (χ3v) is 2.22. The molecule has 84 valence electrons. The molecule has 0 radical (unpaired) electrons. The van der Waals surface area contributed by atoms with Crippen LogP contribution in [0.5, 0.6) is 0 Å². The molecule has 0 saturated heterocycles. The third kappa shape index (κ3) is 2.08. The van der Waals surface area contributed by atoms with Gasteiger partial charge in [-0.3, -0.25) is 0 Å². The number of aryl methyl sites for hydroxylation is 1. The van der Waals surface area contributed by atoms with E-state index in [2.05, 4.69) is 10.1 Å². The van der Waals surface area contributed by atoms with Gasteiger partial charge in [0, 0.05) is 12.0 Å². The zero-order valence-corrected chi connectivity index (χ0v) is 8.70. The first kappa shape index (κ1) is 10.7. The van der Waals surface area contributed by atoms with Gasteiger partial charge in [0.25, 0.3) is 0 Å². The van der Waals surface area contributed by atoms with Crippen LogP contribution in [0.3, 0.4) is 0 Å². The Balaban J connectivity index is 2.26. The average Bonchev–Trinajstić information content (AvgIpc) is 2.71. The molecule has 0 saturated carbocycles. The molecule has 16 heavy (non-hydrogen) atoms. The van der Waals surface area contributed by atoms with Crippen LogP contribution in [0.15, 0.2) is 22.7 Å². The molecule has 0 atom stereocenters. The van der Waals surface area contributed by atoms with E-state index in [1.807, 2.05) is 6.92 Å². The molecule has 0 spiro atoms. The predicted octanol–water partition coefficient (Wildman–Crippen LogP) is 2.50. The number of aromatic nitrogens is 2. The molecule has 0 fully saturated rings. The van der Waals surface area contributed by atoms with Crippen molar-refractivity contribution < 1.29 is 13.3 Å². The van der Waals surface area contributed by atoms with Crippen LogP contribution in [-0.4, -0.2) is 10.1 Å². The van der Waals surface area contributed by atoms with Crippen molar-refractivity contribution in [3.63, 3.8) is 0 Å². The van der Waals surface area contributed by atoms with Crippen molar-refractivity contribution in [1.29, 1.82) is 0 Å². The number of benzene rings is 1. The quantitative estimate of drug-likeness (QED) is 0.804. The van der Waals surface area contributed by atoms with E-state index < -0.39 is 11.6 Å². The summed E-state index contributed by atoms with van der Waals surface area (Å²) < 4.78 is 31.5. The molecule has 0 amide bonds. The highest BCUT2D eigenvalue weighted by Crippen LogP contribution is 2.15. The maximum atomic E-state index is 13.3. The minimum atomic E-state index is -0.601. The molecule has 0 aliphatic rings. The van der Waals surface area contributed by atoms with Crippen LogP contribution in [0.2, 0.25) is 0 Å². The molecule has 1 aromatic carbocycles. The fourth-order valence-corrected chi connectivity index (χ4v) is 1.36. The van der Waals surface area contributed by atoms with Gasteiger partial charge >= 0.3 is 0 Å². The first-order valence-electron chi connectivity index (χ1n) is 4.95. The predicted molar refractivity (Wildman–Crippen MR) is 52.8 cm³/mol. The lowest BCUT2D eigenvalue weighted by Gasteiger charge is -2.00. The first-order chi connectivity index (χ1) is 7.70. The first-order valence-corrected chi connectivity index (χ1v) is 4.95. The number of rotatable bonds is 3. The lowest BCUT2D eigenvalue weighted by atomic mass is 10.1. The van der Waals surface area contributed by atoms with Crippen LogP contribution in [0.4, 0.5) is 8.78 Å². The van der Waals surface area contributed by atoms with Crippen molar-refractivity contribution in [2.45, 2.75) is 19.8 Å². The number of nitrogens with zero attached hydrogens (tertiary/aromatic N) is 2. The van der Waals surface area contributed by atoms with Gasteiger partial charge in [-0.15, -0.1) is 0 Å². The summed E-state index contributed by atoms with van der Waals surface area (Å²) in [4.78, 5) is 4.00. The highest BCUT2D eigenvalue weighted by Gasteiger charge is 2.13. The minimum Gasteiger partial charge on any atom is -0.339 e. The van der Waals surface area contributed by atoms with Gasteiger partial charge in [0.15, 0.2) is 5.82 Å². The van der Waals surface area contributed by atoms with Gasteiger partial charge < -0.3 is 4.52 Å². The Morgan fingerprint density at radius 2 is 1.94 bits per heavy atom. The largest absolute Gasteiger partial charge is 0.339 e. The Morgan fingerprint density at radius 3 is 2.50 bits per heavy atom. The molecule has 1 aromatic heterocycles. The molecule has 0 unspecified atom stereocenters. The molecule has 0 bridgehead atoms. The van der Waals surface area contributed by atoms with E-state index in [-0.39, 0.29) is 17.9 Å². The Labute approximate surface area is 91.1 Å². The van der Waals surface area contributed by atoms with Gasteiger partial charge in [-0.05, 0) is 12.1 Å². The van der Waals surface area contributed by atoms with Gasteiger partial charge in [-0.1, -0.05) is 18.1 Å². The van der Waals surface area contributed by atoms with Gasteiger partial charge in [0.2, 0.25) is 5.89 Å². The van der Waals surface area contributed by atoms with E-state index in [1.54, 1.807) is 0 Å². The molecule has 0 N–H and O–H groups in total.